The summed E-state index contributed by atoms with van der Waals surface area (Å²) in [5, 5.41) is 7.08. The lowest BCUT2D eigenvalue weighted by Crippen LogP contribution is -2.43. The zero-order valence-corrected chi connectivity index (χ0v) is 15.1. The smallest absolute Gasteiger partial charge is 0.237 e. The molecule has 0 unspecified atom stereocenters. The molecule has 25 heavy (non-hydrogen) atoms. The molecule has 1 aromatic heterocycles. The van der Waals surface area contributed by atoms with Gasteiger partial charge in [-0.3, -0.25) is 9.69 Å². The number of carbonyl (C=O) groups excluding carboxylic acids is 1. The third-order valence-electron chi connectivity index (χ3n) is 4.98. The number of hydrogen-bond acceptors (Lipinski definition) is 4. The summed E-state index contributed by atoms with van der Waals surface area (Å²) >= 11 is 0. The third kappa shape index (κ3) is 4.48. The van der Waals surface area contributed by atoms with E-state index in [4.69, 9.17) is 4.52 Å². The van der Waals surface area contributed by atoms with E-state index in [2.05, 4.69) is 39.6 Å². The van der Waals surface area contributed by atoms with Crippen molar-refractivity contribution in [3.05, 3.63) is 52.9 Å². The second kappa shape index (κ2) is 8.30. The number of hydrogen-bond donors (Lipinski definition) is 1. The van der Waals surface area contributed by atoms with Crippen LogP contribution in [-0.2, 0) is 17.8 Å². The van der Waals surface area contributed by atoms with E-state index in [0.29, 0.717) is 6.54 Å². The fourth-order valence-electron chi connectivity index (χ4n) is 3.58. The highest BCUT2D eigenvalue weighted by atomic mass is 16.5. The molecule has 5 nitrogen and oxygen atoms in total. The van der Waals surface area contributed by atoms with Crippen molar-refractivity contribution in [3.8, 4) is 0 Å². The largest absolute Gasteiger partial charge is 0.361 e. The highest BCUT2D eigenvalue weighted by Crippen LogP contribution is 2.20. The van der Waals surface area contributed by atoms with Gasteiger partial charge in [-0.2, -0.15) is 0 Å². The van der Waals surface area contributed by atoms with Crippen molar-refractivity contribution in [2.45, 2.75) is 52.1 Å². The first-order valence-electron chi connectivity index (χ1n) is 9.12. The maximum absolute atomic E-state index is 12.6. The van der Waals surface area contributed by atoms with Crippen LogP contribution in [0.5, 0.6) is 0 Å². The van der Waals surface area contributed by atoms with E-state index < -0.39 is 0 Å². The van der Waals surface area contributed by atoms with E-state index in [1.807, 2.05) is 19.9 Å². The first kappa shape index (κ1) is 17.7. The van der Waals surface area contributed by atoms with Crippen LogP contribution in [-0.4, -0.2) is 35.1 Å². The van der Waals surface area contributed by atoms with Gasteiger partial charge in [0.25, 0.3) is 0 Å². The van der Waals surface area contributed by atoms with E-state index in [1.165, 1.54) is 11.1 Å². The average molecular weight is 341 g/mol. The summed E-state index contributed by atoms with van der Waals surface area (Å²) in [6.45, 7) is 6.43. The Morgan fingerprint density at radius 3 is 2.84 bits per heavy atom. The van der Waals surface area contributed by atoms with Gasteiger partial charge in [0.2, 0.25) is 5.91 Å². The summed E-state index contributed by atoms with van der Waals surface area (Å²) in [4.78, 5) is 14.8. The number of nitrogens with zero attached hydrogens (tertiary/aromatic N) is 2. The number of aryl methyl sites for hydroxylation is 2. The molecule has 1 saturated heterocycles. The zero-order chi connectivity index (χ0) is 17.6. The van der Waals surface area contributed by atoms with Gasteiger partial charge < -0.3 is 9.84 Å². The molecular formula is C20H27N3O2. The van der Waals surface area contributed by atoms with Crippen molar-refractivity contribution in [1.29, 1.82) is 0 Å². The maximum Gasteiger partial charge on any atom is 0.237 e. The first-order chi connectivity index (χ1) is 12.1. The molecule has 0 saturated carbocycles. The fourth-order valence-corrected chi connectivity index (χ4v) is 3.58. The van der Waals surface area contributed by atoms with Crippen molar-refractivity contribution in [2.24, 2.45) is 0 Å². The number of aromatic nitrogens is 1. The van der Waals surface area contributed by atoms with Crippen LogP contribution in [0.25, 0.3) is 0 Å². The van der Waals surface area contributed by atoms with Crippen LogP contribution in [0.4, 0.5) is 0 Å². The molecule has 1 fully saturated rings. The van der Waals surface area contributed by atoms with Gasteiger partial charge in [-0.05, 0) is 51.6 Å². The van der Waals surface area contributed by atoms with Gasteiger partial charge in [0.15, 0.2) is 0 Å². The van der Waals surface area contributed by atoms with Gasteiger partial charge in [0, 0.05) is 18.7 Å². The molecular weight excluding hydrogens is 314 g/mol. The van der Waals surface area contributed by atoms with Crippen LogP contribution in [0, 0.1) is 13.8 Å². The van der Waals surface area contributed by atoms with E-state index in [0.717, 1.165) is 50.2 Å². The first-order valence-corrected chi connectivity index (χ1v) is 9.12. The highest BCUT2D eigenvalue weighted by molar-refractivity contribution is 5.82. The van der Waals surface area contributed by atoms with E-state index in [9.17, 15) is 4.79 Å². The minimum absolute atomic E-state index is 0.000676. The Morgan fingerprint density at radius 1 is 1.32 bits per heavy atom. The lowest BCUT2D eigenvalue weighted by molar-refractivity contribution is -0.125. The molecule has 1 aliphatic heterocycles. The molecule has 0 aliphatic carbocycles. The van der Waals surface area contributed by atoms with Gasteiger partial charge >= 0.3 is 0 Å². The maximum atomic E-state index is 12.6. The summed E-state index contributed by atoms with van der Waals surface area (Å²) in [6.07, 6.45) is 3.83. The van der Waals surface area contributed by atoms with Crippen molar-refractivity contribution in [1.82, 2.24) is 15.4 Å². The molecule has 0 spiro atoms. The zero-order valence-electron chi connectivity index (χ0n) is 15.1. The summed E-state index contributed by atoms with van der Waals surface area (Å²) in [6, 6.07) is 10.4. The molecule has 5 heteroatoms. The molecule has 0 radical (unpaired) electrons. The Kier molecular flexibility index (Phi) is 5.87. The number of rotatable bonds is 7. The standard InChI is InChI=1S/C20H27N3O2/c1-15-18(16(2)25-22-15)10-6-12-21-20(24)19-11-7-13-23(19)14-17-8-4-3-5-9-17/h3-5,8-9,19H,6-7,10-14H2,1-2H3,(H,21,24)/t19-/m0/s1. The Hall–Kier alpha value is -2.14. The number of benzene rings is 1. The average Bonchev–Trinajstić information content (AvgIpc) is 3.20. The van der Waals surface area contributed by atoms with Crippen molar-refractivity contribution < 1.29 is 9.32 Å². The van der Waals surface area contributed by atoms with Crippen molar-refractivity contribution in [3.63, 3.8) is 0 Å². The predicted octanol–water partition coefficient (Wildman–Crippen LogP) is 3.00. The normalized spacial score (nSPS) is 17.8. The molecule has 1 aromatic carbocycles. The molecule has 134 valence electrons. The van der Waals surface area contributed by atoms with Crippen LogP contribution in [0.1, 0.15) is 41.8 Å². The summed E-state index contributed by atoms with van der Waals surface area (Å²) < 4.78 is 5.18. The van der Waals surface area contributed by atoms with Crippen LogP contribution in [0.3, 0.4) is 0 Å². The molecule has 2 aromatic rings. The number of likely N-dealkylation sites (tertiary alicyclic amines) is 1. The number of carbonyl (C=O) groups is 1. The second-order valence-electron chi connectivity index (χ2n) is 6.81. The molecule has 1 amide bonds. The minimum atomic E-state index is -0.000676. The second-order valence-corrected chi connectivity index (χ2v) is 6.81. The number of amides is 1. The predicted molar refractivity (Wildman–Crippen MR) is 97.2 cm³/mol. The number of nitrogens with one attached hydrogen (secondary N) is 1. The van der Waals surface area contributed by atoms with Gasteiger partial charge in [-0.15, -0.1) is 0 Å². The van der Waals surface area contributed by atoms with Crippen LogP contribution in [0.2, 0.25) is 0 Å². The van der Waals surface area contributed by atoms with Crippen molar-refractivity contribution >= 4 is 5.91 Å². The Balaban J connectivity index is 1.45. The molecule has 1 N–H and O–H groups in total. The SMILES string of the molecule is Cc1noc(C)c1CCCNC(=O)[C@@H]1CCCN1Cc1ccccc1. The Bertz CT molecular complexity index is 677. The van der Waals surface area contributed by atoms with Gasteiger partial charge in [0.05, 0.1) is 11.7 Å². The van der Waals surface area contributed by atoms with Crippen LogP contribution >= 0.6 is 0 Å². The minimum Gasteiger partial charge on any atom is -0.361 e. The van der Waals surface area contributed by atoms with E-state index in [1.54, 1.807) is 0 Å². The topological polar surface area (TPSA) is 58.4 Å². The molecule has 0 bridgehead atoms. The summed E-state index contributed by atoms with van der Waals surface area (Å²) in [5.74, 6) is 1.04. The molecule has 1 aliphatic rings. The lowest BCUT2D eigenvalue weighted by atomic mass is 10.1. The molecule has 3 rings (SSSR count). The van der Waals surface area contributed by atoms with Gasteiger partial charge in [-0.25, -0.2) is 0 Å². The fraction of sp³-hybridized carbons (Fsp3) is 0.500. The van der Waals surface area contributed by atoms with E-state index >= 15 is 0 Å². The molecule has 2 heterocycles. The summed E-state index contributed by atoms with van der Waals surface area (Å²) in [7, 11) is 0. The van der Waals surface area contributed by atoms with E-state index in [-0.39, 0.29) is 11.9 Å². The van der Waals surface area contributed by atoms with Gasteiger partial charge in [0.1, 0.15) is 5.76 Å². The van der Waals surface area contributed by atoms with Gasteiger partial charge in [-0.1, -0.05) is 35.5 Å². The highest BCUT2D eigenvalue weighted by Gasteiger charge is 2.30. The third-order valence-corrected chi connectivity index (χ3v) is 4.98. The molecule has 1 atom stereocenters. The quantitative estimate of drug-likeness (QED) is 0.787. The Morgan fingerprint density at radius 2 is 2.12 bits per heavy atom. The Labute approximate surface area is 149 Å². The van der Waals surface area contributed by atoms with Crippen LogP contribution in [0.15, 0.2) is 34.9 Å². The summed E-state index contributed by atoms with van der Waals surface area (Å²) in [5.41, 5.74) is 3.38. The van der Waals surface area contributed by atoms with Crippen LogP contribution < -0.4 is 5.32 Å². The monoisotopic (exact) mass is 341 g/mol. The lowest BCUT2D eigenvalue weighted by Gasteiger charge is -2.23. The van der Waals surface area contributed by atoms with Crippen molar-refractivity contribution in [2.75, 3.05) is 13.1 Å².